The zero-order valence-corrected chi connectivity index (χ0v) is 16.2. The Labute approximate surface area is 164 Å². The van der Waals surface area contributed by atoms with Gasteiger partial charge >= 0.3 is 0 Å². The molecule has 0 spiro atoms. The first kappa shape index (κ1) is 20.0. The summed E-state index contributed by atoms with van der Waals surface area (Å²) in [5, 5.41) is 2.66. The Balaban J connectivity index is 1.56. The number of hydrogen-bond donors (Lipinski definition) is 1. The van der Waals surface area contributed by atoms with Gasteiger partial charge in [-0.05, 0) is 32.0 Å². The number of carbonyl (C=O) groups is 2. The number of nitrogens with zero attached hydrogens (tertiary/aromatic N) is 1. The second-order valence-electron chi connectivity index (χ2n) is 7.17. The summed E-state index contributed by atoms with van der Waals surface area (Å²) >= 11 is 0. The van der Waals surface area contributed by atoms with E-state index in [9.17, 15) is 14.0 Å². The summed E-state index contributed by atoms with van der Waals surface area (Å²) in [6.45, 7) is 5.17. The maximum atomic E-state index is 14.6. The van der Waals surface area contributed by atoms with Gasteiger partial charge in [-0.3, -0.25) is 9.59 Å². The quantitative estimate of drug-likeness (QED) is 0.764. The lowest BCUT2D eigenvalue weighted by Crippen LogP contribution is -2.45. The predicted molar refractivity (Wildman–Crippen MR) is 107 cm³/mol. The fourth-order valence-corrected chi connectivity index (χ4v) is 3.43. The van der Waals surface area contributed by atoms with Crippen LogP contribution >= 0.6 is 0 Å². The van der Waals surface area contributed by atoms with E-state index < -0.39 is 0 Å². The molecule has 0 aromatic heterocycles. The minimum atomic E-state index is -0.389. The third-order valence-electron chi connectivity index (χ3n) is 4.67. The Bertz CT molecular complexity index is 831. The molecule has 5 nitrogen and oxygen atoms in total. The van der Waals surface area contributed by atoms with E-state index in [0.29, 0.717) is 30.0 Å². The van der Waals surface area contributed by atoms with Gasteiger partial charge in [0.25, 0.3) is 0 Å². The zero-order valence-electron chi connectivity index (χ0n) is 16.2. The molecule has 1 saturated heterocycles. The van der Waals surface area contributed by atoms with E-state index in [1.165, 1.54) is 6.07 Å². The van der Waals surface area contributed by atoms with Gasteiger partial charge in [0, 0.05) is 37.2 Å². The van der Waals surface area contributed by atoms with Gasteiger partial charge in [-0.2, -0.15) is 0 Å². The number of carbonyl (C=O) groups excluding carboxylic acids is 2. The van der Waals surface area contributed by atoms with Crippen molar-refractivity contribution in [1.82, 2.24) is 0 Å². The molecule has 1 fully saturated rings. The molecule has 28 heavy (non-hydrogen) atoms. The van der Waals surface area contributed by atoms with Gasteiger partial charge < -0.3 is 15.0 Å². The molecule has 2 aromatic rings. The largest absolute Gasteiger partial charge is 0.372 e. The summed E-state index contributed by atoms with van der Waals surface area (Å²) in [5.41, 5.74) is 1.46. The van der Waals surface area contributed by atoms with Crippen LogP contribution in [-0.2, 0) is 9.53 Å². The summed E-state index contributed by atoms with van der Waals surface area (Å²) in [5.74, 6) is -0.794. The maximum Gasteiger partial charge on any atom is 0.224 e. The van der Waals surface area contributed by atoms with Crippen LogP contribution in [0.3, 0.4) is 0 Å². The minimum Gasteiger partial charge on any atom is -0.372 e. The van der Waals surface area contributed by atoms with Crippen LogP contribution in [0.15, 0.2) is 48.5 Å². The number of rotatable bonds is 6. The van der Waals surface area contributed by atoms with E-state index in [2.05, 4.69) is 5.32 Å². The Morgan fingerprint density at radius 1 is 1.07 bits per heavy atom. The number of benzene rings is 2. The number of halogens is 1. The molecular weight excluding hydrogens is 359 g/mol. The van der Waals surface area contributed by atoms with Crippen LogP contribution in [-0.4, -0.2) is 37.0 Å². The molecule has 0 bridgehead atoms. The van der Waals surface area contributed by atoms with E-state index in [-0.39, 0.29) is 42.6 Å². The monoisotopic (exact) mass is 384 g/mol. The van der Waals surface area contributed by atoms with Gasteiger partial charge in [0.1, 0.15) is 5.82 Å². The molecule has 148 valence electrons. The molecule has 2 atom stereocenters. The highest BCUT2D eigenvalue weighted by molar-refractivity contribution is 6.00. The predicted octanol–water partition coefficient (Wildman–Crippen LogP) is 4.04. The number of ether oxygens (including phenoxy) is 1. The second-order valence-corrected chi connectivity index (χ2v) is 7.17. The van der Waals surface area contributed by atoms with Crippen LogP contribution in [0.4, 0.5) is 15.8 Å². The molecule has 3 rings (SSSR count). The topological polar surface area (TPSA) is 58.6 Å². The van der Waals surface area contributed by atoms with Crippen molar-refractivity contribution in [2.45, 2.75) is 38.9 Å². The van der Waals surface area contributed by atoms with Crippen LogP contribution in [0.25, 0.3) is 0 Å². The number of Topliss-reactive ketones (excluding diaryl/α,β-unsaturated/α-hetero) is 1. The molecule has 6 heteroatoms. The molecule has 2 aromatic carbocycles. The zero-order chi connectivity index (χ0) is 20.1. The van der Waals surface area contributed by atoms with E-state index in [1.54, 1.807) is 36.4 Å². The van der Waals surface area contributed by atoms with Crippen molar-refractivity contribution in [2.75, 3.05) is 23.3 Å². The summed E-state index contributed by atoms with van der Waals surface area (Å²) in [6.07, 6.45) is 0.226. The van der Waals surface area contributed by atoms with E-state index in [0.717, 1.165) is 0 Å². The SMILES string of the molecule is C[C@@H]1CN(c2ccc(NC(=O)CCC(=O)c3ccccc3)cc2F)C[C@@H](C)O1. The summed E-state index contributed by atoms with van der Waals surface area (Å²) in [7, 11) is 0. The standard InChI is InChI=1S/C22H25FN2O3/c1-15-13-25(14-16(2)28-15)20-9-8-18(12-19(20)23)24-22(27)11-10-21(26)17-6-4-3-5-7-17/h3-9,12,15-16H,10-11,13-14H2,1-2H3,(H,24,27)/t15-,16-/m1/s1. The molecular formula is C22H25FN2O3. The number of amides is 1. The molecule has 0 unspecified atom stereocenters. The fraction of sp³-hybridized carbons (Fsp3) is 0.364. The van der Waals surface area contributed by atoms with Gasteiger partial charge in [-0.1, -0.05) is 30.3 Å². The average molecular weight is 384 g/mol. The van der Waals surface area contributed by atoms with Crippen molar-refractivity contribution in [1.29, 1.82) is 0 Å². The lowest BCUT2D eigenvalue weighted by molar-refractivity contribution is -0.116. The first-order valence-electron chi connectivity index (χ1n) is 9.50. The highest BCUT2D eigenvalue weighted by Gasteiger charge is 2.24. The molecule has 1 aliphatic rings. The lowest BCUT2D eigenvalue weighted by Gasteiger charge is -2.37. The third-order valence-corrected chi connectivity index (χ3v) is 4.67. The van der Waals surface area contributed by atoms with Crippen molar-refractivity contribution in [3.05, 3.63) is 59.9 Å². The summed E-state index contributed by atoms with van der Waals surface area (Å²) < 4.78 is 20.3. The Morgan fingerprint density at radius 2 is 1.75 bits per heavy atom. The normalized spacial score (nSPS) is 19.3. The van der Waals surface area contributed by atoms with Crippen LogP contribution in [0.1, 0.15) is 37.0 Å². The van der Waals surface area contributed by atoms with Crippen molar-refractivity contribution < 1.29 is 18.7 Å². The molecule has 1 amide bonds. The van der Waals surface area contributed by atoms with Gasteiger partial charge in [0.15, 0.2) is 5.78 Å². The van der Waals surface area contributed by atoms with Crippen molar-refractivity contribution in [3.8, 4) is 0 Å². The second kappa shape index (κ2) is 8.97. The number of hydrogen-bond acceptors (Lipinski definition) is 4. The third kappa shape index (κ3) is 5.16. The molecule has 1 heterocycles. The fourth-order valence-electron chi connectivity index (χ4n) is 3.43. The highest BCUT2D eigenvalue weighted by Crippen LogP contribution is 2.26. The highest BCUT2D eigenvalue weighted by atomic mass is 19.1. The van der Waals surface area contributed by atoms with Crippen LogP contribution < -0.4 is 10.2 Å². The number of nitrogens with one attached hydrogen (secondary N) is 1. The van der Waals surface area contributed by atoms with Crippen molar-refractivity contribution in [2.24, 2.45) is 0 Å². The maximum absolute atomic E-state index is 14.6. The number of morpholine rings is 1. The van der Waals surface area contributed by atoms with Crippen molar-refractivity contribution >= 4 is 23.1 Å². The summed E-state index contributed by atoms with van der Waals surface area (Å²) in [4.78, 5) is 26.1. The first-order chi connectivity index (χ1) is 13.4. The number of anilines is 2. The van der Waals surface area contributed by atoms with Gasteiger partial charge in [-0.25, -0.2) is 4.39 Å². The molecule has 0 radical (unpaired) electrons. The average Bonchev–Trinajstić information content (AvgIpc) is 2.66. The Kier molecular flexibility index (Phi) is 6.41. The van der Waals surface area contributed by atoms with Gasteiger partial charge in [0.05, 0.1) is 17.9 Å². The first-order valence-corrected chi connectivity index (χ1v) is 9.50. The number of ketones is 1. The van der Waals surface area contributed by atoms with E-state index in [4.69, 9.17) is 4.74 Å². The molecule has 1 N–H and O–H groups in total. The van der Waals surface area contributed by atoms with E-state index in [1.807, 2.05) is 24.8 Å². The summed E-state index contributed by atoms with van der Waals surface area (Å²) in [6, 6.07) is 13.5. The van der Waals surface area contributed by atoms with Crippen molar-refractivity contribution in [3.63, 3.8) is 0 Å². The molecule has 1 aliphatic heterocycles. The van der Waals surface area contributed by atoms with E-state index >= 15 is 0 Å². The smallest absolute Gasteiger partial charge is 0.224 e. The van der Waals surface area contributed by atoms with Crippen LogP contribution in [0, 0.1) is 5.82 Å². The minimum absolute atomic E-state index is 0.0321. The Morgan fingerprint density at radius 3 is 2.39 bits per heavy atom. The van der Waals surface area contributed by atoms with Gasteiger partial charge in [-0.15, -0.1) is 0 Å². The van der Waals surface area contributed by atoms with Crippen LogP contribution in [0.2, 0.25) is 0 Å². The molecule has 0 aliphatic carbocycles. The van der Waals surface area contributed by atoms with Gasteiger partial charge in [0.2, 0.25) is 5.91 Å². The Hall–Kier alpha value is -2.73. The lowest BCUT2D eigenvalue weighted by atomic mass is 10.1. The molecule has 0 saturated carbocycles. The van der Waals surface area contributed by atoms with Crippen LogP contribution in [0.5, 0.6) is 0 Å².